The summed E-state index contributed by atoms with van der Waals surface area (Å²) in [6, 6.07) is 4.92. The van der Waals surface area contributed by atoms with E-state index in [1.54, 1.807) is 0 Å². The summed E-state index contributed by atoms with van der Waals surface area (Å²) in [6.07, 6.45) is 8.34. The minimum Gasteiger partial charge on any atom is -0.744 e. The minimum atomic E-state index is -4.47. The van der Waals surface area contributed by atoms with E-state index in [0.717, 1.165) is 25.0 Å². The average molecular weight is 378 g/mol. The zero-order chi connectivity index (χ0) is 18.0. The van der Waals surface area contributed by atoms with Crippen molar-refractivity contribution < 1.29 is 52.1 Å². The van der Waals surface area contributed by atoms with Crippen LogP contribution in [0, 0.1) is 5.92 Å². The van der Waals surface area contributed by atoms with Crippen LogP contribution in [0.4, 0.5) is 0 Å². The van der Waals surface area contributed by atoms with Gasteiger partial charge in [-0.3, -0.25) is 4.79 Å². The molecule has 0 aliphatic rings. The first kappa shape index (κ1) is 24.6. The smallest absolute Gasteiger partial charge is 0.744 e. The molecule has 0 aliphatic heterocycles. The number of esters is 1. The molecule has 1 aromatic carbocycles. The molecule has 0 fully saturated rings. The predicted molar refractivity (Wildman–Crippen MR) is 91.8 cm³/mol. The van der Waals surface area contributed by atoms with Gasteiger partial charge in [-0.2, -0.15) is 0 Å². The minimum absolute atomic E-state index is 0. The van der Waals surface area contributed by atoms with Crippen molar-refractivity contribution in [2.75, 3.05) is 0 Å². The second kappa shape index (κ2) is 12.9. The first-order chi connectivity index (χ1) is 11.3. The molecule has 0 saturated carbocycles. The van der Waals surface area contributed by atoms with Gasteiger partial charge in [0.15, 0.2) is 0 Å². The van der Waals surface area contributed by atoms with Crippen molar-refractivity contribution in [3.8, 4) is 5.75 Å². The fraction of sp³-hybridized carbons (Fsp3) is 0.611. The van der Waals surface area contributed by atoms with Gasteiger partial charge in [0, 0.05) is 6.42 Å². The molecule has 0 heterocycles. The average Bonchev–Trinajstić information content (AvgIpc) is 2.51. The third-order valence-electron chi connectivity index (χ3n) is 3.97. The van der Waals surface area contributed by atoms with E-state index in [1.165, 1.54) is 44.2 Å². The molecule has 0 aliphatic carbocycles. The predicted octanol–water partition coefficient (Wildman–Crippen LogP) is 1.28. The first-order valence-electron chi connectivity index (χ1n) is 8.59. The molecule has 0 amide bonds. The SMILES string of the molecule is CCCCCCC(C)CCCC(=O)Oc1ccc(S(=O)(=O)[O-])cc1.[Na+]. The van der Waals surface area contributed by atoms with E-state index in [4.69, 9.17) is 4.74 Å². The van der Waals surface area contributed by atoms with E-state index < -0.39 is 10.1 Å². The van der Waals surface area contributed by atoms with Crippen molar-refractivity contribution in [1.29, 1.82) is 0 Å². The molecule has 5 nitrogen and oxygen atoms in total. The Kier molecular flexibility index (Phi) is 12.7. The number of rotatable bonds is 11. The quantitative estimate of drug-likeness (QED) is 0.190. The Bertz CT molecular complexity index is 598. The zero-order valence-electron chi connectivity index (χ0n) is 15.5. The van der Waals surface area contributed by atoms with Crippen LogP contribution >= 0.6 is 0 Å². The fourth-order valence-electron chi connectivity index (χ4n) is 2.52. The van der Waals surface area contributed by atoms with Crippen molar-refractivity contribution in [3.05, 3.63) is 24.3 Å². The molecule has 0 bridgehead atoms. The summed E-state index contributed by atoms with van der Waals surface area (Å²) in [5, 5.41) is 0. The van der Waals surface area contributed by atoms with Gasteiger partial charge in [-0.1, -0.05) is 52.4 Å². The van der Waals surface area contributed by atoms with Crippen molar-refractivity contribution in [3.63, 3.8) is 0 Å². The van der Waals surface area contributed by atoms with Gasteiger partial charge in [0.1, 0.15) is 15.9 Å². The Balaban J connectivity index is 0.00000576. The topological polar surface area (TPSA) is 83.5 Å². The number of carbonyl (C=O) groups excluding carboxylic acids is 1. The van der Waals surface area contributed by atoms with E-state index in [1.807, 2.05) is 0 Å². The van der Waals surface area contributed by atoms with E-state index in [9.17, 15) is 17.8 Å². The molecule has 7 heteroatoms. The maximum absolute atomic E-state index is 11.8. The third kappa shape index (κ3) is 11.0. The third-order valence-corrected chi connectivity index (χ3v) is 4.82. The molecule has 1 aromatic rings. The Morgan fingerprint density at radius 2 is 1.68 bits per heavy atom. The summed E-state index contributed by atoms with van der Waals surface area (Å²) < 4.78 is 37.6. The Hall–Kier alpha value is -0.400. The largest absolute Gasteiger partial charge is 1.00 e. The van der Waals surface area contributed by atoms with Gasteiger partial charge in [-0.25, -0.2) is 8.42 Å². The molecule has 0 saturated heterocycles. The number of ether oxygens (including phenoxy) is 1. The number of carbonyl (C=O) groups is 1. The zero-order valence-corrected chi connectivity index (χ0v) is 18.3. The Morgan fingerprint density at radius 3 is 2.24 bits per heavy atom. The van der Waals surface area contributed by atoms with Gasteiger partial charge >= 0.3 is 35.5 Å². The number of benzene rings is 1. The summed E-state index contributed by atoms with van der Waals surface area (Å²) in [6.45, 7) is 4.40. The van der Waals surface area contributed by atoms with Crippen molar-refractivity contribution in [2.24, 2.45) is 5.92 Å². The van der Waals surface area contributed by atoms with Gasteiger partial charge in [0.2, 0.25) is 0 Å². The van der Waals surface area contributed by atoms with E-state index in [0.29, 0.717) is 12.3 Å². The van der Waals surface area contributed by atoms with Gasteiger partial charge in [-0.05, 0) is 36.6 Å². The molecule has 0 N–H and O–H groups in total. The summed E-state index contributed by atoms with van der Waals surface area (Å²) in [5.74, 6) is 0.516. The molecule has 1 atom stereocenters. The normalized spacial score (nSPS) is 12.3. The first-order valence-corrected chi connectivity index (χ1v) is 10.0. The van der Waals surface area contributed by atoms with Crippen LogP contribution in [-0.4, -0.2) is 18.9 Å². The number of hydrogen-bond acceptors (Lipinski definition) is 5. The monoisotopic (exact) mass is 378 g/mol. The molecule has 0 spiro atoms. The van der Waals surface area contributed by atoms with Crippen LogP contribution in [0.3, 0.4) is 0 Å². The van der Waals surface area contributed by atoms with Crippen LogP contribution < -0.4 is 34.3 Å². The van der Waals surface area contributed by atoms with Gasteiger partial charge < -0.3 is 9.29 Å². The molecule has 0 aromatic heterocycles. The van der Waals surface area contributed by atoms with Crippen LogP contribution in [-0.2, 0) is 14.9 Å². The van der Waals surface area contributed by atoms with E-state index in [2.05, 4.69) is 13.8 Å². The van der Waals surface area contributed by atoms with Crippen molar-refractivity contribution >= 4 is 16.1 Å². The summed E-state index contributed by atoms with van der Waals surface area (Å²) in [4.78, 5) is 11.4. The van der Waals surface area contributed by atoms with Gasteiger partial charge in [0.05, 0.1) is 4.90 Å². The summed E-state index contributed by atoms with van der Waals surface area (Å²) in [7, 11) is -4.47. The van der Waals surface area contributed by atoms with Crippen LogP contribution in [0.2, 0.25) is 0 Å². The van der Waals surface area contributed by atoms with Crippen LogP contribution in [0.1, 0.15) is 65.2 Å². The fourth-order valence-corrected chi connectivity index (χ4v) is 2.99. The summed E-state index contributed by atoms with van der Waals surface area (Å²) in [5.41, 5.74) is 0. The standard InChI is InChI=1S/C18H28O5S.Na/c1-3-4-5-6-8-15(2)9-7-10-18(19)23-16-11-13-17(14-12-16)24(20,21)22;/h11-15H,3-10H2,1-2H3,(H,20,21,22);/q;+1/p-1. The number of unbranched alkanes of at least 4 members (excludes halogenated alkanes) is 3. The van der Waals surface area contributed by atoms with E-state index in [-0.39, 0.29) is 46.2 Å². The maximum atomic E-state index is 11.8. The maximum Gasteiger partial charge on any atom is 1.00 e. The molecule has 25 heavy (non-hydrogen) atoms. The second-order valence-corrected chi connectivity index (χ2v) is 7.63. The second-order valence-electron chi connectivity index (χ2n) is 6.25. The Morgan fingerprint density at radius 1 is 1.08 bits per heavy atom. The number of hydrogen-bond donors (Lipinski definition) is 0. The molecular formula is C18H27NaO5S. The van der Waals surface area contributed by atoms with Crippen LogP contribution in [0.15, 0.2) is 29.2 Å². The van der Waals surface area contributed by atoms with Gasteiger partial charge in [-0.15, -0.1) is 0 Å². The Labute approximate surface area is 173 Å². The molecule has 0 radical (unpaired) electrons. The van der Waals surface area contributed by atoms with Crippen molar-refractivity contribution in [2.45, 2.75) is 70.1 Å². The molecule has 1 unspecified atom stereocenters. The van der Waals surface area contributed by atoms with Crippen LogP contribution in [0.5, 0.6) is 5.75 Å². The molecular weight excluding hydrogens is 351 g/mol. The van der Waals surface area contributed by atoms with Gasteiger partial charge in [0.25, 0.3) is 0 Å². The summed E-state index contributed by atoms with van der Waals surface area (Å²) >= 11 is 0. The van der Waals surface area contributed by atoms with Crippen LogP contribution in [0.25, 0.3) is 0 Å². The van der Waals surface area contributed by atoms with E-state index >= 15 is 0 Å². The van der Waals surface area contributed by atoms with Crippen molar-refractivity contribution in [1.82, 2.24) is 0 Å². The molecule has 136 valence electrons. The molecule has 1 rings (SSSR count).